The van der Waals surface area contributed by atoms with E-state index in [1.807, 2.05) is 12.4 Å². The van der Waals surface area contributed by atoms with Crippen molar-refractivity contribution in [2.75, 3.05) is 0 Å². The lowest BCUT2D eigenvalue weighted by Crippen LogP contribution is -2.12. The Bertz CT molecular complexity index is 260. The molecule has 0 radical (unpaired) electrons. The topological polar surface area (TPSA) is 12.9 Å². The SMILES string of the molecule is CCC1CCC(c2cccnc2)CC1. The van der Waals surface area contributed by atoms with E-state index in [9.17, 15) is 0 Å². The van der Waals surface area contributed by atoms with Crippen LogP contribution in [0.4, 0.5) is 0 Å². The van der Waals surface area contributed by atoms with E-state index in [1.165, 1.54) is 37.7 Å². The molecule has 76 valence electrons. The van der Waals surface area contributed by atoms with E-state index in [0.29, 0.717) is 0 Å². The zero-order chi connectivity index (χ0) is 9.80. The third-order valence-electron chi connectivity index (χ3n) is 3.58. The first-order valence-electron chi connectivity index (χ1n) is 5.80. The fourth-order valence-electron chi connectivity index (χ4n) is 2.52. The summed E-state index contributed by atoms with van der Waals surface area (Å²) < 4.78 is 0. The minimum Gasteiger partial charge on any atom is -0.264 e. The number of aromatic nitrogens is 1. The Balaban J connectivity index is 1.96. The molecule has 0 spiro atoms. The summed E-state index contributed by atoms with van der Waals surface area (Å²) in [5, 5.41) is 0. The predicted molar refractivity (Wildman–Crippen MR) is 59.2 cm³/mol. The molecule has 14 heavy (non-hydrogen) atoms. The number of hydrogen-bond donors (Lipinski definition) is 0. The Morgan fingerprint density at radius 3 is 2.64 bits per heavy atom. The highest BCUT2D eigenvalue weighted by atomic mass is 14.6. The van der Waals surface area contributed by atoms with Crippen LogP contribution in [-0.2, 0) is 0 Å². The Hall–Kier alpha value is -0.850. The first-order valence-corrected chi connectivity index (χ1v) is 5.80. The summed E-state index contributed by atoms with van der Waals surface area (Å²) in [6.07, 6.45) is 10.8. The molecule has 0 amide bonds. The molecule has 1 saturated carbocycles. The van der Waals surface area contributed by atoms with Crippen molar-refractivity contribution in [3.8, 4) is 0 Å². The second-order valence-electron chi connectivity index (χ2n) is 4.41. The van der Waals surface area contributed by atoms with Crippen LogP contribution in [0.3, 0.4) is 0 Å². The van der Waals surface area contributed by atoms with E-state index in [4.69, 9.17) is 0 Å². The third kappa shape index (κ3) is 2.14. The molecule has 1 fully saturated rings. The Labute approximate surface area is 86.6 Å². The standard InChI is InChI=1S/C13H19N/c1-2-11-5-7-12(8-6-11)13-4-3-9-14-10-13/h3-4,9-12H,2,5-8H2,1H3. The van der Waals surface area contributed by atoms with E-state index in [-0.39, 0.29) is 0 Å². The molecular formula is C13H19N. The van der Waals surface area contributed by atoms with E-state index in [1.54, 1.807) is 0 Å². The van der Waals surface area contributed by atoms with Gasteiger partial charge in [-0.15, -0.1) is 0 Å². The molecule has 1 heterocycles. The molecular weight excluding hydrogens is 170 g/mol. The summed E-state index contributed by atoms with van der Waals surface area (Å²) in [5.41, 5.74) is 1.45. The summed E-state index contributed by atoms with van der Waals surface area (Å²) in [5.74, 6) is 1.77. The number of nitrogens with zero attached hydrogens (tertiary/aromatic N) is 1. The second kappa shape index (κ2) is 4.59. The van der Waals surface area contributed by atoms with Gasteiger partial charge in [0.25, 0.3) is 0 Å². The maximum atomic E-state index is 4.20. The fraction of sp³-hybridized carbons (Fsp3) is 0.615. The van der Waals surface area contributed by atoms with E-state index >= 15 is 0 Å². The van der Waals surface area contributed by atoms with E-state index < -0.39 is 0 Å². The van der Waals surface area contributed by atoms with Gasteiger partial charge < -0.3 is 0 Å². The van der Waals surface area contributed by atoms with Gasteiger partial charge in [-0.1, -0.05) is 19.4 Å². The van der Waals surface area contributed by atoms with Crippen LogP contribution in [0.2, 0.25) is 0 Å². The van der Waals surface area contributed by atoms with Gasteiger partial charge in [-0.3, -0.25) is 4.98 Å². The van der Waals surface area contributed by atoms with Gasteiger partial charge in [0.2, 0.25) is 0 Å². The van der Waals surface area contributed by atoms with Crippen LogP contribution < -0.4 is 0 Å². The zero-order valence-electron chi connectivity index (χ0n) is 8.95. The van der Waals surface area contributed by atoms with E-state index in [2.05, 4.69) is 24.0 Å². The number of rotatable bonds is 2. The zero-order valence-corrected chi connectivity index (χ0v) is 8.95. The first-order chi connectivity index (χ1) is 6.90. The second-order valence-corrected chi connectivity index (χ2v) is 4.41. The summed E-state index contributed by atoms with van der Waals surface area (Å²) in [7, 11) is 0. The smallest absolute Gasteiger partial charge is 0.0302 e. The predicted octanol–water partition coefficient (Wildman–Crippen LogP) is 3.77. The van der Waals surface area contributed by atoms with Gasteiger partial charge in [-0.2, -0.15) is 0 Å². The molecule has 1 heteroatoms. The quantitative estimate of drug-likeness (QED) is 0.690. The average molecular weight is 189 g/mol. The summed E-state index contributed by atoms with van der Waals surface area (Å²) in [6.45, 7) is 2.31. The molecule has 2 rings (SSSR count). The lowest BCUT2D eigenvalue weighted by molar-refractivity contribution is 0.318. The van der Waals surface area contributed by atoms with Gasteiger partial charge in [0.15, 0.2) is 0 Å². The van der Waals surface area contributed by atoms with Gasteiger partial charge in [0, 0.05) is 12.4 Å². The molecule has 1 aliphatic rings. The molecule has 1 aromatic rings. The van der Waals surface area contributed by atoms with Crippen molar-refractivity contribution in [1.29, 1.82) is 0 Å². The Morgan fingerprint density at radius 1 is 1.29 bits per heavy atom. The minimum atomic E-state index is 0.784. The highest BCUT2D eigenvalue weighted by molar-refractivity contribution is 5.15. The van der Waals surface area contributed by atoms with Gasteiger partial charge in [-0.05, 0) is 49.1 Å². The number of hydrogen-bond acceptors (Lipinski definition) is 1. The van der Waals surface area contributed by atoms with Crippen LogP contribution in [0.1, 0.15) is 50.5 Å². The molecule has 0 unspecified atom stereocenters. The van der Waals surface area contributed by atoms with Crippen LogP contribution in [0.5, 0.6) is 0 Å². The summed E-state index contributed by atoms with van der Waals surface area (Å²) in [4.78, 5) is 4.20. The largest absolute Gasteiger partial charge is 0.264 e. The number of pyridine rings is 1. The Kier molecular flexibility index (Phi) is 3.18. The summed E-state index contributed by atoms with van der Waals surface area (Å²) >= 11 is 0. The highest BCUT2D eigenvalue weighted by Crippen LogP contribution is 2.36. The van der Waals surface area contributed by atoms with Crippen molar-refractivity contribution in [3.63, 3.8) is 0 Å². The van der Waals surface area contributed by atoms with Crippen molar-refractivity contribution in [2.24, 2.45) is 5.92 Å². The van der Waals surface area contributed by atoms with Crippen LogP contribution >= 0.6 is 0 Å². The normalized spacial score (nSPS) is 27.5. The van der Waals surface area contributed by atoms with Crippen molar-refractivity contribution in [2.45, 2.75) is 44.9 Å². The van der Waals surface area contributed by atoms with Crippen LogP contribution in [0, 0.1) is 5.92 Å². The van der Waals surface area contributed by atoms with Crippen molar-refractivity contribution in [3.05, 3.63) is 30.1 Å². The van der Waals surface area contributed by atoms with Gasteiger partial charge in [0.05, 0.1) is 0 Å². The molecule has 0 atom stereocenters. The van der Waals surface area contributed by atoms with Crippen LogP contribution in [0.25, 0.3) is 0 Å². The monoisotopic (exact) mass is 189 g/mol. The van der Waals surface area contributed by atoms with Crippen LogP contribution in [-0.4, -0.2) is 4.98 Å². The lowest BCUT2D eigenvalue weighted by Gasteiger charge is -2.27. The first kappa shape index (κ1) is 9.70. The molecule has 1 aromatic heterocycles. The van der Waals surface area contributed by atoms with Gasteiger partial charge in [0.1, 0.15) is 0 Å². The molecule has 0 bridgehead atoms. The van der Waals surface area contributed by atoms with Gasteiger partial charge in [-0.25, -0.2) is 0 Å². The van der Waals surface area contributed by atoms with Crippen LogP contribution in [0.15, 0.2) is 24.5 Å². The fourth-order valence-corrected chi connectivity index (χ4v) is 2.52. The maximum absolute atomic E-state index is 4.20. The lowest BCUT2D eigenvalue weighted by atomic mass is 9.78. The molecule has 0 aliphatic heterocycles. The maximum Gasteiger partial charge on any atom is 0.0302 e. The minimum absolute atomic E-state index is 0.784. The van der Waals surface area contributed by atoms with Crippen molar-refractivity contribution in [1.82, 2.24) is 4.98 Å². The molecule has 1 nitrogen and oxygen atoms in total. The Morgan fingerprint density at radius 2 is 2.07 bits per heavy atom. The van der Waals surface area contributed by atoms with Crippen molar-refractivity contribution >= 4 is 0 Å². The average Bonchev–Trinajstić information content (AvgIpc) is 2.30. The van der Waals surface area contributed by atoms with Gasteiger partial charge >= 0.3 is 0 Å². The summed E-state index contributed by atoms with van der Waals surface area (Å²) in [6, 6.07) is 4.28. The molecule has 0 aromatic carbocycles. The molecule has 0 N–H and O–H groups in total. The van der Waals surface area contributed by atoms with E-state index in [0.717, 1.165) is 11.8 Å². The highest BCUT2D eigenvalue weighted by Gasteiger charge is 2.20. The van der Waals surface area contributed by atoms with Crippen molar-refractivity contribution < 1.29 is 0 Å². The third-order valence-corrected chi connectivity index (χ3v) is 3.58. The molecule has 0 saturated heterocycles. The molecule has 1 aliphatic carbocycles.